The summed E-state index contributed by atoms with van der Waals surface area (Å²) < 4.78 is 6.97. The predicted molar refractivity (Wildman–Crippen MR) is 87.9 cm³/mol. The predicted octanol–water partition coefficient (Wildman–Crippen LogP) is 3.51. The Bertz CT molecular complexity index is 661. The van der Waals surface area contributed by atoms with Crippen LogP contribution in [-0.4, -0.2) is 22.8 Å². The molecule has 1 aromatic carbocycles. The van der Waals surface area contributed by atoms with Crippen LogP contribution in [0.4, 0.5) is 5.82 Å². The van der Waals surface area contributed by atoms with Gasteiger partial charge in [0.1, 0.15) is 11.6 Å². The number of anilines is 1. The van der Waals surface area contributed by atoms with Gasteiger partial charge in [0, 0.05) is 12.1 Å². The largest absolute Gasteiger partial charge is 0.497 e. The number of carbonyl (C=O) groups excluding carboxylic acids is 1. The molecular weight excluding hydrogens is 278 g/mol. The number of amides is 1. The van der Waals surface area contributed by atoms with Crippen molar-refractivity contribution in [1.29, 1.82) is 0 Å². The van der Waals surface area contributed by atoms with Gasteiger partial charge < -0.3 is 10.1 Å². The Morgan fingerprint density at radius 3 is 3.00 bits per heavy atom. The first kappa shape index (κ1) is 15.8. The van der Waals surface area contributed by atoms with Gasteiger partial charge in [0.25, 0.3) is 0 Å². The molecule has 5 nitrogen and oxygen atoms in total. The summed E-state index contributed by atoms with van der Waals surface area (Å²) >= 11 is 0. The van der Waals surface area contributed by atoms with Crippen LogP contribution in [0.2, 0.25) is 0 Å². The van der Waals surface area contributed by atoms with E-state index < -0.39 is 0 Å². The van der Waals surface area contributed by atoms with Crippen molar-refractivity contribution >= 4 is 17.8 Å². The average Bonchev–Trinajstić information content (AvgIpc) is 3.00. The highest BCUT2D eigenvalue weighted by atomic mass is 16.5. The minimum Gasteiger partial charge on any atom is -0.497 e. The number of aromatic nitrogens is 2. The van der Waals surface area contributed by atoms with E-state index in [1.165, 1.54) is 6.08 Å². The lowest BCUT2D eigenvalue weighted by Crippen LogP contribution is -2.15. The molecule has 0 spiro atoms. The molecule has 1 heterocycles. The molecule has 0 aliphatic carbocycles. The van der Waals surface area contributed by atoms with E-state index in [4.69, 9.17) is 4.74 Å². The normalized spacial score (nSPS) is 12.3. The summed E-state index contributed by atoms with van der Waals surface area (Å²) in [4.78, 5) is 12.0. The molecule has 0 fully saturated rings. The fraction of sp³-hybridized carbons (Fsp3) is 0.294. The minimum atomic E-state index is -0.187. The van der Waals surface area contributed by atoms with Crippen LogP contribution in [-0.2, 0) is 4.79 Å². The summed E-state index contributed by atoms with van der Waals surface area (Å²) in [6, 6.07) is 9.57. The molecule has 0 aliphatic rings. The molecule has 2 rings (SSSR count). The second-order valence-electron chi connectivity index (χ2n) is 5.02. The number of carbonyl (C=O) groups is 1. The number of ether oxygens (including phenoxy) is 1. The van der Waals surface area contributed by atoms with Gasteiger partial charge in [0.15, 0.2) is 0 Å². The SMILES string of the molecule is CCC(C)n1nccc1NC(=O)C=Cc1cccc(OC)c1. The van der Waals surface area contributed by atoms with E-state index >= 15 is 0 Å². The van der Waals surface area contributed by atoms with Crippen LogP contribution < -0.4 is 10.1 Å². The monoisotopic (exact) mass is 299 g/mol. The summed E-state index contributed by atoms with van der Waals surface area (Å²) in [5.74, 6) is 1.28. The van der Waals surface area contributed by atoms with Crippen molar-refractivity contribution in [2.24, 2.45) is 0 Å². The van der Waals surface area contributed by atoms with Crippen LogP contribution in [0.1, 0.15) is 31.9 Å². The number of nitrogens with zero attached hydrogens (tertiary/aromatic N) is 2. The Kier molecular flexibility index (Phi) is 5.36. The lowest BCUT2D eigenvalue weighted by atomic mass is 10.2. The van der Waals surface area contributed by atoms with Gasteiger partial charge in [0.05, 0.1) is 19.3 Å². The highest BCUT2D eigenvalue weighted by Gasteiger charge is 2.09. The molecule has 0 aliphatic heterocycles. The van der Waals surface area contributed by atoms with Crippen molar-refractivity contribution in [3.8, 4) is 5.75 Å². The Morgan fingerprint density at radius 2 is 2.27 bits per heavy atom. The summed E-state index contributed by atoms with van der Waals surface area (Å²) in [6.07, 6.45) is 5.89. The van der Waals surface area contributed by atoms with Crippen molar-refractivity contribution in [3.05, 3.63) is 48.2 Å². The molecule has 1 aromatic heterocycles. The highest BCUT2D eigenvalue weighted by Crippen LogP contribution is 2.17. The van der Waals surface area contributed by atoms with E-state index in [0.29, 0.717) is 5.82 Å². The van der Waals surface area contributed by atoms with Gasteiger partial charge in [-0.1, -0.05) is 19.1 Å². The molecule has 0 bridgehead atoms. The highest BCUT2D eigenvalue weighted by molar-refractivity contribution is 6.01. The second-order valence-corrected chi connectivity index (χ2v) is 5.02. The van der Waals surface area contributed by atoms with Crippen LogP contribution in [0.3, 0.4) is 0 Å². The molecule has 116 valence electrons. The van der Waals surface area contributed by atoms with E-state index in [0.717, 1.165) is 17.7 Å². The number of rotatable bonds is 6. The van der Waals surface area contributed by atoms with E-state index in [1.807, 2.05) is 28.9 Å². The maximum Gasteiger partial charge on any atom is 0.249 e. The third kappa shape index (κ3) is 3.97. The van der Waals surface area contributed by atoms with Gasteiger partial charge in [-0.3, -0.25) is 4.79 Å². The molecule has 22 heavy (non-hydrogen) atoms. The van der Waals surface area contributed by atoms with Crippen LogP contribution in [0.25, 0.3) is 6.08 Å². The summed E-state index contributed by atoms with van der Waals surface area (Å²) in [6.45, 7) is 4.15. The zero-order valence-electron chi connectivity index (χ0n) is 13.1. The Balaban J connectivity index is 2.04. The fourth-order valence-corrected chi connectivity index (χ4v) is 2.02. The molecule has 2 aromatic rings. The van der Waals surface area contributed by atoms with Gasteiger partial charge in [-0.05, 0) is 37.1 Å². The topological polar surface area (TPSA) is 56.2 Å². The smallest absolute Gasteiger partial charge is 0.249 e. The fourth-order valence-electron chi connectivity index (χ4n) is 2.02. The van der Waals surface area contributed by atoms with E-state index in [2.05, 4.69) is 24.3 Å². The van der Waals surface area contributed by atoms with Crippen molar-refractivity contribution in [1.82, 2.24) is 9.78 Å². The van der Waals surface area contributed by atoms with Gasteiger partial charge >= 0.3 is 0 Å². The number of benzene rings is 1. The maximum atomic E-state index is 12.0. The van der Waals surface area contributed by atoms with Gasteiger partial charge in [-0.25, -0.2) is 4.68 Å². The first-order chi connectivity index (χ1) is 10.6. The molecule has 5 heteroatoms. The van der Waals surface area contributed by atoms with E-state index in [-0.39, 0.29) is 11.9 Å². The van der Waals surface area contributed by atoms with Gasteiger partial charge in [-0.2, -0.15) is 5.10 Å². The molecule has 1 amide bonds. The lowest BCUT2D eigenvalue weighted by molar-refractivity contribution is -0.111. The van der Waals surface area contributed by atoms with Crippen LogP contribution in [0.15, 0.2) is 42.6 Å². The summed E-state index contributed by atoms with van der Waals surface area (Å²) in [5.41, 5.74) is 0.907. The summed E-state index contributed by atoms with van der Waals surface area (Å²) in [7, 11) is 1.62. The number of nitrogens with one attached hydrogen (secondary N) is 1. The minimum absolute atomic E-state index is 0.187. The van der Waals surface area contributed by atoms with E-state index in [1.54, 1.807) is 25.4 Å². The quantitative estimate of drug-likeness (QED) is 0.830. The van der Waals surface area contributed by atoms with Crippen LogP contribution >= 0.6 is 0 Å². The standard InChI is InChI=1S/C17H21N3O2/c1-4-13(2)20-16(10-11-18-20)19-17(21)9-8-14-6-5-7-15(12-14)22-3/h5-13H,4H2,1-3H3,(H,19,21). The molecule has 0 saturated heterocycles. The lowest BCUT2D eigenvalue weighted by Gasteiger charge is -2.13. The van der Waals surface area contributed by atoms with Crippen LogP contribution in [0, 0.1) is 0 Å². The third-order valence-corrected chi connectivity index (χ3v) is 3.45. The van der Waals surface area contributed by atoms with Crippen molar-refractivity contribution < 1.29 is 9.53 Å². The second kappa shape index (κ2) is 7.45. The van der Waals surface area contributed by atoms with Crippen LogP contribution in [0.5, 0.6) is 5.75 Å². The first-order valence-electron chi connectivity index (χ1n) is 7.30. The Hall–Kier alpha value is -2.56. The maximum absolute atomic E-state index is 12.0. The zero-order chi connectivity index (χ0) is 15.9. The van der Waals surface area contributed by atoms with Gasteiger partial charge in [0.2, 0.25) is 5.91 Å². The molecule has 1 N–H and O–H groups in total. The average molecular weight is 299 g/mol. The number of methoxy groups -OCH3 is 1. The number of hydrogen-bond acceptors (Lipinski definition) is 3. The number of hydrogen-bond donors (Lipinski definition) is 1. The molecular formula is C17H21N3O2. The van der Waals surface area contributed by atoms with E-state index in [9.17, 15) is 4.79 Å². The van der Waals surface area contributed by atoms with Gasteiger partial charge in [-0.15, -0.1) is 0 Å². The van der Waals surface area contributed by atoms with Crippen molar-refractivity contribution in [3.63, 3.8) is 0 Å². The third-order valence-electron chi connectivity index (χ3n) is 3.45. The Labute approximate surface area is 130 Å². The van der Waals surface area contributed by atoms with Crippen molar-refractivity contribution in [2.75, 3.05) is 12.4 Å². The zero-order valence-corrected chi connectivity index (χ0v) is 13.1. The molecule has 0 radical (unpaired) electrons. The Morgan fingerprint density at radius 1 is 1.45 bits per heavy atom. The first-order valence-corrected chi connectivity index (χ1v) is 7.30. The summed E-state index contributed by atoms with van der Waals surface area (Å²) in [5, 5.41) is 7.09. The molecule has 1 atom stereocenters. The molecule has 1 unspecified atom stereocenters. The molecule has 0 saturated carbocycles. The van der Waals surface area contributed by atoms with Crippen molar-refractivity contribution in [2.45, 2.75) is 26.3 Å².